The molecule has 0 fully saturated rings. The van der Waals surface area contributed by atoms with Crippen LogP contribution in [-0.2, 0) is 21.2 Å². The smallest absolute Gasteiger partial charge is 0.238 e. The van der Waals surface area contributed by atoms with Crippen molar-refractivity contribution >= 4 is 15.7 Å². The van der Waals surface area contributed by atoms with Crippen molar-refractivity contribution in [1.29, 1.82) is 0 Å². The summed E-state index contributed by atoms with van der Waals surface area (Å²) < 4.78 is 27.9. The van der Waals surface area contributed by atoms with Gasteiger partial charge in [0.15, 0.2) is 9.84 Å². The maximum atomic E-state index is 11.6. The molecule has 0 saturated carbocycles. The fraction of sp³-hybridized carbons (Fsp3) is 0.538. The molecule has 0 aliphatic carbocycles. The van der Waals surface area contributed by atoms with Gasteiger partial charge in [-0.1, -0.05) is 6.07 Å². The number of aromatic nitrogens is 1. The van der Waals surface area contributed by atoms with Crippen molar-refractivity contribution in [1.82, 2.24) is 10.3 Å². The summed E-state index contributed by atoms with van der Waals surface area (Å²) >= 11 is 0. The number of nitrogens with zero attached hydrogens (tertiary/aromatic N) is 1. The molecule has 1 atom stereocenters. The van der Waals surface area contributed by atoms with Gasteiger partial charge in [0.2, 0.25) is 11.8 Å². The zero-order valence-corrected chi connectivity index (χ0v) is 12.9. The topological polar surface area (TPSA) is 85.4 Å². The average Bonchev–Trinajstić information content (AvgIpc) is 2.35. The predicted molar refractivity (Wildman–Crippen MR) is 76.2 cm³/mol. The van der Waals surface area contributed by atoms with Crippen LogP contribution in [-0.4, -0.2) is 36.9 Å². The summed E-state index contributed by atoms with van der Waals surface area (Å²) in [5.41, 5.74) is 0.773. The van der Waals surface area contributed by atoms with E-state index in [1.54, 1.807) is 18.3 Å². The van der Waals surface area contributed by atoms with Crippen LogP contribution < -0.4 is 10.1 Å². The predicted octanol–water partition coefficient (Wildman–Crippen LogP) is 0.918. The van der Waals surface area contributed by atoms with E-state index in [1.807, 2.05) is 13.8 Å². The Bertz CT molecular complexity index is 552. The molecular formula is C13H20N2O4S. The summed E-state index contributed by atoms with van der Waals surface area (Å²) in [6, 6.07) is 3.48. The summed E-state index contributed by atoms with van der Waals surface area (Å²) in [7, 11) is -3.37. The van der Waals surface area contributed by atoms with Crippen molar-refractivity contribution in [3.8, 4) is 5.88 Å². The van der Waals surface area contributed by atoms with Gasteiger partial charge in [0.25, 0.3) is 0 Å². The van der Waals surface area contributed by atoms with E-state index in [2.05, 4.69) is 10.3 Å². The Morgan fingerprint density at radius 1 is 1.35 bits per heavy atom. The van der Waals surface area contributed by atoms with Gasteiger partial charge in [0.05, 0.1) is 6.10 Å². The molecule has 112 valence electrons. The first-order valence-corrected chi connectivity index (χ1v) is 8.23. The number of carbonyl (C=O) groups is 1. The molecule has 1 rings (SSSR count). The minimum Gasteiger partial charge on any atom is -0.475 e. The molecule has 1 aromatic rings. The summed E-state index contributed by atoms with van der Waals surface area (Å²) in [4.78, 5) is 15.7. The van der Waals surface area contributed by atoms with Crippen molar-refractivity contribution in [2.45, 2.75) is 38.7 Å². The number of hydrogen-bond acceptors (Lipinski definition) is 5. The van der Waals surface area contributed by atoms with Crippen LogP contribution >= 0.6 is 0 Å². The Kier molecular flexibility index (Phi) is 5.50. The van der Waals surface area contributed by atoms with Gasteiger partial charge in [-0.25, -0.2) is 13.4 Å². The van der Waals surface area contributed by atoms with Gasteiger partial charge < -0.3 is 10.1 Å². The van der Waals surface area contributed by atoms with E-state index in [4.69, 9.17) is 4.74 Å². The van der Waals surface area contributed by atoms with Gasteiger partial charge >= 0.3 is 0 Å². The third kappa shape index (κ3) is 5.16. The number of sulfone groups is 1. The van der Waals surface area contributed by atoms with E-state index in [-0.39, 0.29) is 12.6 Å². The number of amides is 1. The van der Waals surface area contributed by atoms with Crippen molar-refractivity contribution in [2.24, 2.45) is 0 Å². The third-order valence-electron chi connectivity index (χ3n) is 2.63. The molecule has 20 heavy (non-hydrogen) atoms. The number of pyridine rings is 1. The highest BCUT2D eigenvalue weighted by Crippen LogP contribution is 2.09. The van der Waals surface area contributed by atoms with E-state index in [1.165, 1.54) is 6.92 Å². The zero-order chi connectivity index (χ0) is 15.3. The summed E-state index contributed by atoms with van der Waals surface area (Å²) in [5.74, 6) is -0.00501. The van der Waals surface area contributed by atoms with Crippen LogP contribution in [0.5, 0.6) is 5.88 Å². The van der Waals surface area contributed by atoms with Gasteiger partial charge in [0.1, 0.15) is 5.25 Å². The molecular weight excluding hydrogens is 280 g/mol. The van der Waals surface area contributed by atoms with Crippen LogP contribution in [0.3, 0.4) is 0 Å². The minimum atomic E-state index is -3.37. The highest BCUT2D eigenvalue weighted by atomic mass is 32.2. The summed E-state index contributed by atoms with van der Waals surface area (Å²) in [6.45, 7) is 5.40. The molecule has 0 radical (unpaired) electrons. The van der Waals surface area contributed by atoms with E-state index >= 15 is 0 Å². The fourth-order valence-electron chi connectivity index (χ4n) is 1.35. The molecule has 1 amide bonds. The zero-order valence-electron chi connectivity index (χ0n) is 12.1. The van der Waals surface area contributed by atoms with Crippen LogP contribution in [0.4, 0.5) is 0 Å². The van der Waals surface area contributed by atoms with Crippen LogP contribution in [0.15, 0.2) is 18.3 Å². The monoisotopic (exact) mass is 300 g/mol. The van der Waals surface area contributed by atoms with Crippen molar-refractivity contribution in [3.63, 3.8) is 0 Å². The maximum absolute atomic E-state index is 11.6. The molecule has 0 bridgehead atoms. The van der Waals surface area contributed by atoms with Gasteiger partial charge in [-0.3, -0.25) is 4.79 Å². The molecule has 6 nitrogen and oxygen atoms in total. The number of rotatable bonds is 6. The second-order valence-corrected chi connectivity index (χ2v) is 7.23. The van der Waals surface area contributed by atoms with Gasteiger partial charge in [0, 0.05) is 25.1 Å². The molecule has 0 aromatic carbocycles. The average molecular weight is 300 g/mol. The molecule has 0 aliphatic heterocycles. The summed E-state index contributed by atoms with van der Waals surface area (Å²) in [6.07, 6.45) is 2.67. The van der Waals surface area contributed by atoms with E-state index in [9.17, 15) is 13.2 Å². The summed E-state index contributed by atoms with van der Waals surface area (Å²) in [5, 5.41) is 1.51. The number of nitrogens with one attached hydrogen (secondary N) is 1. The van der Waals surface area contributed by atoms with E-state index in [0.717, 1.165) is 11.8 Å². The number of hydrogen-bond donors (Lipinski definition) is 1. The maximum Gasteiger partial charge on any atom is 0.238 e. The highest BCUT2D eigenvalue weighted by molar-refractivity contribution is 7.92. The molecule has 0 unspecified atom stereocenters. The lowest BCUT2D eigenvalue weighted by molar-refractivity contribution is -0.120. The second kappa shape index (κ2) is 6.69. The van der Waals surface area contributed by atoms with Gasteiger partial charge in [-0.2, -0.15) is 0 Å². The Balaban J connectivity index is 2.56. The molecule has 1 N–H and O–H groups in total. The molecule has 1 aromatic heterocycles. The molecule has 0 saturated heterocycles. The van der Waals surface area contributed by atoms with Gasteiger partial charge in [-0.05, 0) is 26.3 Å². The van der Waals surface area contributed by atoms with Crippen molar-refractivity contribution < 1.29 is 17.9 Å². The lowest BCUT2D eigenvalue weighted by atomic mass is 10.3. The minimum absolute atomic E-state index is 0.0451. The number of ether oxygens (including phenoxy) is 1. The third-order valence-corrected chi connectivity index (χ3v) is 4.13. The molecule has 0 aliphatic rings. The number of carbonyl (C=O) groups excluding carboxylic acids is 1. The van der Waals surface area contributed by atoms with Crippen LogP contribution in [0.2, 0.25) is 0 Å². The largest absolute Gasteiger partial charge is 0.475 e. The highest BCUT2D eigenvalue weighted by Gasteiger charge is 2.22. The van der Waals surface area contributed by atoms with Crippen molar-refractivity contribution in [3.05, 3.63) is 23.9 Å². The molecule has 1 heterocycles. The lowest BCUT2D eigenvalue weighted by Gasteiger charge is -2.11. The molecule has 0 spiro atoms. The standard InChI is InChI=1S/C13H20N2O4S/c1-9(2)19-12-6-5-11(7-14-12)8-15-13(16)10(3)20(4,17)18/h5-7,9-10H,8H2,1-4H3,(H,15,16)/t10-/m0/s1. The van der Waals surface area contributed by atoms with E-state index < -0.39 is 21.0 Å². The fourth-order valence-corrected chi connectivity index (χ4v) is 1.83. The van der Waals surface area contributed by atoms with Crippen LogP contribution in [0.25, 0.3) is 0 Å². The first-order chi connectivity index (χ1) is 9.20. The quantitative estimate of drug-likeness (QED) is 0.844. The Labute approximate surface area is 119 Å². The van der Waals surface area contributed by atoms with E-state index in [0.29, 0.717) is 5.88 Å². The SMILES string of the molecule is CC(C)Oc1ccc(CNC(=O)[C@H](C)S(C)(=O)=O)cn1. The van der Waals surface area contributed by atoms with Crippen LogP contribution in [0, 0.1) is 0 Å². The first kappa shape index (κ1) is 16.4. The Morgan fingerprint density at radius 3 is 2.45 bits per heavy atom. The Hall–Kier alpha value is -1.63. The molecule has 7 heteroatoms. The van der Waals surface area contributed by atoms with Gasteiger partial charge in [-0.15, -0.1) is 0 Å². The van der Waals surface area contributed by atoms with Crippen LogP contribution in [0.1, 0.15) is 26.3 Å². The van der Waals surface area contributed by atoms with Crippen molar-refractivity contribution in [2.75, 3.05) is 6.26 Å². The lowest BCUT2D eigenvalue weighted by Crippen LogP contribution is -2.37. The normalized spacial score (nSPS) is 13.1. The first-order valence-electron chi connectivity index (χ1n) is 6.28. The second-order valence-electron chi connectivity index (χ2n) is 4.86. The Morgan fingerprint density at radius 2 is 2.00 bits per heavy atom.